The fourth-order valence-corrected chi connectivity index (χ4v) is 4.55. The number of H-pyrrole nitrogens is 1. The maximum Gasteiger partial charge on any atom is 0.160 e. The summed E-state index contributed by atoms with van der Waals surface area (Å²) in [5.74, 6) is 2.60. The number of aromatic nitrogens is 5. The second-order valence-electron chi connectivity index (χ2n) is 8.14. The van der Waals surface area contributed by atoms with Gasteiger partial charge in [-0.15, -0.1) is 0 Å². The molecule has 0 bridgehead atoms. The van der Waals surface area contributed by atoms with Crippen molar-refractivity contribution >= 4 is 16.9 Å². The summed E-state index contributed by atoms with van der Waals surface area (Å²) in [5, 5.41) is 9.32. The van der Waals surface area contributed by atoms with Gasteiger partial charge in [0.05, 0.1) is 11.9 Å². The first-order valence-corrected chi connectivity index (χ1v) is 10.6. The van der Waals surface area contributed by atoms with Crippen LogP contribution in [0.4, 0.5) is 5.82 Å². The number of anilines is 1. The minimum atomic E-state index is 0.463. The number of hydrogen-bond acceptors (Lipinski definition) is 5. The molecule has 2 N–H and O–H groups in total. The molecular formula is C21H29N7. The summed E-state index contributed by atoms with van der Waals surface area (Å²) in [4.78, 5) is 15.6. The highest BCUT2D eigenvalue weighted by molar-refractivity contribution is 5.91. The zero-order valence-corrected chi connectivity index (χ0v) is 16.6. The number of aromatic amines is 1. The van der Waals surface area contributed by atoms with Crippen molar-refractivity contribution in [3.05, 3.63) is 24.2 Å². The van der Waals surface area contributed by atoms with E-state index < -0.39 is 0 Å². The number of aryl methyl sites for hydroxylation is 1. The first-order valence-electron chi connectivity index (χ1n) is 10.6. The molecule has 0 aliphatic carbocycles. The molecule has 0 amide bonds. The number of hydrogen-bond donors (Lipinski definition) is 2. The van der Waals surface area contributed by atoms with E-state index in [0.29, 0.717) is 5.92 Å². The predicted octanol–water partition coefficient (Wildman–Crippen LogP) is 3.21. The van der Waals surface area contributed by atoms with Crippen molar-refractivity contribution in [3.63, 3.8) is 0 Å². The molecule has 5 heterocycles. The third kappa shape index (κ3) is 3.28. The van der Waals surface area contributed by atoms with Gasteiger partial charge in [0.15, 0.2) is 5.65 Å². The van der Waals surface area contributed by atoms with Crippen molar-refractivity contribution in [2.45, 2.75) is 44.4 Å². The van der Waals surface area contributed by atoms with Crippen LogP contribution in [0, 0.1) is 0 Å². The van der Waals surface area contributed by atoms with Crippen LogP contribution in [-0.2, 0) is 7.05 Å². The third-order valence-corrected chi connectivity index (χ3v) is 6.14. The van der Waals surface area contributed by atoms with E-state index in [1.165, 1.54) is 38.5 Å². The molecule has 1 unspecified atom stereocenters. The lowest BCUT2D eigenvalue weighted by Gasteiger charge is -2.21. The number of piperidine rings is 1. The fraction of sp³-hybridized carbons (Fsp3) is 0.571. The van der Waals surface area contributed by atoms with Crippen molar-refractivity contribution < 1.29 is 0 Å². The number of imidazole rings is 1. The number of nitrogens with zero attached hydrogens (tertiary/aromatic N) is 5. The molecule has 3 aromatic heterocycles. The van der Waals surface area contributed by atoms with Crippen LogP contribution >= 0.6 is 0 Å². The number of nitrogens with one attached hydrogen (secondary N) is 2. The quantitative estimate of drug-likeness (QED) is 0.731. The Morgan fingerprint density at radius 2 is 1.93 bits per heavy atom. The van der Waals surface area contributed by atoms with Gasteiger partial charge in [0.2, 0.25) is 0 Å². The molecule has 28 heavy (non-hydrogen) atoms. The van der Waals surface area contributed by atoms with E-state index in [2.05, 4.69) is 32.3 Å². The molecule has 1 atom stereocenters. The number of pyridine rings is 1. The molecule has 3 aromatic rings. The van der Waals surface area contributed by atoms with Crippen molar-refractivity contribution in [2.75, 3.05) is 31.1 Å². The van der Waals surface area contributed by atoms with E-state index in [4.69, 9.17) is 10.1 Å². The topological polar surface area (TPSA) is 74.7 Å². The second kappa shape index (κ2) is 7.54. The van der Waals surface area contributed by atoms with Gasteiger partial charge < -0.3 is 15.2 Å². The monoisotopic (exact) mass is 379 g/mol. The Morgan fingerprint density at radius 3 is 2.71 bits per heavy atom. The van der Waals surface area contributed by atoms with E-state index in [9.17, 15) is 0 Å². The van der Waals surface area contributed by atoms with Gasteiger partial charge in [-0.1, -0.05) is 12.8 Å². The van der Waals surface area contributed by atoms with E-state index in [1.54, 1.807) is 0 Å². The van der Waals surface area contributed by atoms with Crippen molar-refractivity contribution in [1.82, 2.24) is 30.0 Å². The lowest BCUT2D eigenvalue weighted by molar-refractivity contribution is 0.449. The Bertz CT molecular complexity index is 943. The Kier molecular flexibility index (Phi) is 4.76. The average molecular weight is 380 g/mol. The van der Waals surface area contributed by atoms with Crippen LogP contribution in [0.25, 0.3) is 22.4 Å². The van der Waals surface area contributed by atoms with Crippen LogP contribution in [0.15, 0.2) is 18.3 Å². The minimum Gasteiger partial charge on any atom is -0.357 e. The average Bonchev–Trinajstić information content (AvgIpc) is 3.24. The molecule has 2 fully saturated rings. The summed E-state index contributed by atoms with van der Waals surface area (Å²) in [6.45, 7) is 4.31. The van der Waals surface area contributed by atoms with Gasteiger partial charge in [-0.25, -0.2) is 14.6 Å². The summed E-state index contributed by atoms with van der Waals surface area (Å²) in [5.41, 5.74) is 2.86. The summed E-state index contributed by atoms with van der Waals surface area (Å²) in [6.07, 6.45) is 9.47. The Hall–Kier alpha value is -2.41. The molecule has 0 saturated carbocycles. The molecule has 2 saturated heterocycles. The van der Waals surface area contributed by atoms with Gasteiger partial charge in [-0.2, -0.15) is 5.10 Å². The highest BCUT2D eigenvalue weighted by atomic mass is 15.3. The molecule has 7 heteroatoms. The maximum absolute atomic E-state index is 4.97. The standard InChI is InChI=1S/C21H29N7/c1-27-21-16(8-9-18(25-21)28-11-4-2-3-5-12-28)19(26-27)17-14-23-20(24-17)15-7-6-10-22-13-15/h8-9,14-15,22H,2-7,10-13H2,1H3,(H,23,24). The lowest BCUT2D eigenvalue weighted by Crippen LogP contribution is -2.28. The van der Waals surface area contributed by atoms with Gasteiger partial charge in [0, 0.05) is 38.0 Å². The van der Waals surface area contributed by atoms with Crippen LogP contribution in [-0.4, -0.2) is 50.9 Å². The molecule has 2 aliphatic heterocycles. The van der Waals surface area contributed by atoms with Crippen LogP contribution in [0.3, 0.4) is 0 Å². The second-order valence-corrected chi connectivity index (χ2v) is 8.14. The molecule has 7 nitrogen and oxygen atoms in total. The van der Waals surface area contributed by atoms with Crippen LogP contribution in [0.2, 0.25) is 0 Å². The minimum absolute atomic E-state index is 0.463. The van der Waals surface area contributed by atoms with Crippen LogP contribution < -0.4 is 10.2 Å². The third-order valence-electron chi connectivity index (χ3n) is 6.14. The SMILES string of the molecule is Cn1nc(-c2cnc(C3CCCNC3)[nH]2)c2ccc(N3CCCCCC3)nc21. The number of rotatable bonds is 3. The first-order chi connectivity index (χ1) is 13.8. The number of fused-ring (bicyclic) bond motifs is 1. The van der Waals surface area contributed by atoms with E-state index in [0.717, 1.165) is 60.2 Å². The summed E-state index contributed by atoms with van der Waals surface area (Å²) < 4.78 is 1.90. The van der Waals surface area contributed by atoms with Gasteiger partial charge in [-0.3, -0.25) is 0 Å². The largest absolute Gasteiger partial charge is 0.357 e. The molecular weight excluding hydrogens is 350 g/mol. The van der Waals surface area contributed by atoms with Gasteiger partial charge in [0.1, 0.15) is 17.3 Å². The normalized spacial score (nSPS) is 21.2. The predicted molar refractivity (Wildman–Crippen MR) is 112 cm³/mol. The van der Waals surface area contributed by atoms with Crippen molar-refractivity contribution in [1.29, 1.82) is 0 Å². The summed E-state index contributed by atoms with van der Waals surface area (Å²) in [6, 6.07) is 4.33. The van der Waals surface area contributed by atoms with Gasteiger partial charge in [-0.05, 0) is 44.4 Å². The molecule has 5 rings (SSSR count). The molecule has 148 valence electrons. The maximum atomic E-state index is 4.97. The van der Waals surface area contributed by atoms with E-state index in [1.807, 2.05) is 17.9 Å². The van der Waals surface area contributed by atoms with Gasteiger partial charge in [0.25, 0.3) is 0 Å². The zero-order valence-electron chi connectivity index (χ0n) is 16.6. The van der Waals surface area contributed by atoms with Crippen LogP contribution in [0.1, 0.15) is 50.3 Å². The smallest absolute Gasteiger partial charge is 0.160 e. The molecule has 2 aliphatic rings. The highest BCUT2D eigenvalue weighted by Crippen LogP contribution is 2.30. The van der Waals surface area contributed by atoms with Crippen molar-refractivity contribution in [2.24, 2.45) is 7.05 Å². The molecule has 0 aromatic carbocycles. The summed E-state index contributed by atoms with van der Waals surface area (Å²) >= 11 is 0. The summed E-state index contributed by atoms with van der Waals surface area (Å²) in [7, 11) is 1.98. The van der Waals surface area contributed by atoms with Gasteiger partial charge >= 0.3 is 0 Å². The van der Waals surface area contributed by atoms with E-state index >= 15 is 0 Å². The molecule has 0 radical (unpaired) electrons. The lowest BCUT2D eigenvalue weighted by atomic mass is 9.99. The van der Waals surface area contributed by atoms with Crippen molar-refractivity contribution in [3.8, 4) is 11.4 Å². The van der Waals surface area contributed by atoms with Crippen LogP contribution in [0.5, 0.6) is 0 Å². The fourth-order valence-electron chi connectivity index (χ4n) is 4.55. The highest BCUT2D eigenvalue weighted by Gasteiger charge is 2.21. The Labute approximate surface area is 165 Å². The Morgan fingerprint density at radius 1 is 1.07 bits per heavy atom. The zero-order chi connectivity index (χ0) is 18.9. The molecule has 0 spiro atoms. The Balaban J connectivity index is 1.46. The first kappa shape index (κ1) is 17.7. The van der Waals surface area contributed by atoms with E-state index in [-0.39, 0.29) is 0 Å².